The van der Waals surface area contributed by atoms with E-state index in [9.17, 15) is 22.8 Å². The smallest absolute Gasteiger partial charge is 0.471 e. The number of alkyl halides is 3. The maximum absolute atomic E-state index is 12.5. The molecule has 0 aromatic heterocycles. The molecule has 0 radical (unpaired) electrons. The monoisotopic (exact) mass is 364 g/mol. The molecule has 0 saturated carbocycles. The highest BCUT2D eigenvalue weighted by Crippen LogP contribution is 2.20. The van der Waals surface area contributed by atoms with Crippen molar-refractivity contribution < 1.29 is 27.5 Å². The molecule has 2 amide bonds. The van der Waals surface area contributed by atoms with Gasteiger partial charge < -0.3 is 14.5 Å². The van der Waals surface area contributed by atoms with Gasteiger partial charge in [0, 0.05) is 31.2 Å². The Hall–Kier alpha value is -1.96. The van der Waals surface area contributed by atoms with E-state index in [1.54, 1.807) is 24.3 Å². The van der Waals surface area contributed by atoms with E-state index in [1.807, 2.05) is 0 Å². The lowest BCUT2D eigenvalue weighted by atomic mass is 10.3. The highest BCUT2D eigenvalue weighted by atomic mass is 35.5. The van der Waals surface area contributed by atoms with Crippen LogP contribution in [0, 0.1) is 0 Å². The summed E-state index contributed by atoms with van der Waals surface area (Å²) in [5.74, 6) is -1.74. The lowest BCUT2D eigenvalue weighted by molar-refractivity contribution is -0.185. The fourth-order valence-electron chi connectivity index (χ4n) is 2.32. The molecule has 0 unspecified atom stereocenters. The highest BCUT2D eigenvalue weighted by Gasteiger charge is 2.42. The quantitative estimate of drug-likeness (QED) is 0.827. The Balaban J connectivity index is 1.85. The maximum atomic E-state index is 12.5. The number of rotatable bonds is 3. The van der Waals surface area contributed by atoms with Gasteiger partial charge in [-0.3, -0.25) is 9.59 Å². The van der Waals surface area contributed by atoms with Crippen LogP contribution in [0.2, 0.25) is 5.02 Å². The van der Waals surface area contributed by atoms with E-state index in [0.29, 0.717) is 10.8 Å². The summed E-state index contributed by atoms with van der Waals surface area (Å²) in [7, 11) is 0. The normalized spacial score (nSPS) is 15.8. The molecule has 0 spiro atoms. The lowest BCUT2D eigenvalue weighted by Crippen LogP contribution is -2.44. The van der Waals surface area contributed by atoms with E-state index in [4.69, 9.17) is 16.3 Å². The Morgan fingerprint density at radius 1 is 1.04 bits per heavy atom. The third-order valence-electron chi connectivity index (χ3n) is 3.55. The van der Waals surface area contributed by atoms with Crippen molar-refractivity contribution in [3.63, 3.8) is 0 Å². The van der Waals surface area contributed by atoms with Crippen LogP contribution in [0.25, 0.3) is 0 Å². The number of carbonyl (C=O) groups excluding carboxylic acids is 2. The van der Waals surface area contributed by atoms with E-state index in [1.165, 1.54) is 4.90 Å². The van der Waals surface area contributed by atoms with Crippen molar-refractivity contribution in [1.29, 1.82) is 0 Å². The average Bonchev–Trinajstić information content (AvgIpc) is 2.78. The van der Waals surface area contributed by atoms with Crippen molar-refractivity contribution in [2.75, 3.05) is 32.8 Å². The standard InChI is InChI=1S/C15H16ClF3N2O3/c16-11-2-4-12(5-3-11)24-10-13(22)20-6-1-7-21(9-8-20)14(23)15(17,18)19/h2-5H,1,6-10H2. The Labute approximate surface area is 141 Å². The molecule has 1 aromatic carbocycles. The highest BCUT2D eigenvalue weighted by molar-refractivity contribution is 6.30. The van der Waals surface area contributed by atoms with Gasteiger partial charge in [-0.15, -0.1) is 0 Å². The summed E-state index contributed by atoms with van der Waals surface area (Å²) >= 11 is 5.74. The largest absolute Gasteiger partial charge is 0.484 e. The predicted octanol–water partition coefficient (Wildman–Crippen LogP) is 2.34. The van der Waals surface area contributed by atoms with Crippen LogP contribution in [0.15, 0.2) is 24.3 Å². The topological polar surface area (TPSA) is 49.9 Å². The van der Waals surface area contributed by atoms with Crippen LogP contribution < -0.4 is 4.74 Å². The molecular formula is C15H16ClF3N2O3. The summed E-state index contributed by atoms with van der Waals surface area (Å²) < 4.78 is 42.7. The third-order valence-corrected chi connectivity index (χ3v) is 3.81. The molecule has 0 atom stereocenters. The summed E-state index contributed by atoms with van der Waals surface area (Å²) in [6, 6.07) is 6.46. The van der Waals surface area contributed by atoms with E-state index < -0.39 is 12.1 Å². The summed E-state index contributed by atoms with van der Waals surface area (Å²) in [6.07, 6.45) is -4.61. The molecule has 1 fully saturated rings. The first-order chi connectivity index (χ1) is 11.3. The zero-order valence-corrected chi connectivity index (χ0v) is 13.4. The molecule has 132 valence electrons. The van der Waals surface area contributed by atoms with Gasteiger partial charge in [-0.1, -0.05) is 11.6 Å². The van der Waals surface area contributed by atoms with Crippen LogP contribution in [0.5, 0.6) is 5.75 Å². The van der Waals surface area contributed by atoms with Gasteiger partial charge in [0.25, 0.3) is 5.91 Å². The summed E-state index contributed by atoms with van der Waals surface area (Å²) in [5.41, 5.74) is 0. The molecule has 9 heteroatoms. The molecule has 1 aliphatic heterocycles. The fraction of sp³-hybridized carbons (Fsp3) is 0.467. The molecule has 1 heterocycles. The molecule has 1 aliphatic rings. The second-order valence-corrected chi connectivity index (χ2v) is 5.70. The minimum absolute atomic E-state index is 0.0276. The SMILES string of the molecule is O=C(COc1ccc(Cl)cc1)N1CCCN(C(=O)C(F)(F)F)CC1. The number of hydrogen-bond acceptors (Lipinski definition) is 3. The fourth-order valence-corrected chi connectivity index (χ4v) is 2.44. The number of benzene rings is 1. The van der Waals surface area contributed by atoms with Gasteiger partial charge >= 0.3 is 12.1 Å². The van der Waals surface area contributed by atoms with Gasteiger partial charge in [-0.05, 0) is 30.7 Å². The Morgan fingerprint density at radius 2 is 1.62 bits per heavy atom. The number of amides is 2. The van der Waals surface area contributed by atoms with Gasteiger partial charge in [-0.2, -0.15) is 13.2 Å². The first-order valence-corrected chi connectivity index (χ1v) is 7.67. The maximum Gasteiger partial charge on any atom is 0.471 e. The second kappa shape index (κ2) is 7.74. The molecule has 0 aliphatic carbocycles. The third kappa shape index (κ3) is 5.02. The van der Waals surface area contributed by atoms with Crippen LogP contribution in [0.4, 0.5) is 13.2 Å². The first-order valence-electron chi connectivity index (χ1n) is 7.29. The van der Waals surface area contributed by atoms with Gasteiger partial charge in [0.1, 0.15) is 5.75 Å². The zero-order chi connectivity index (χ0) is 17.7. The Morgan fingerprint density at radius 3 is 2.25 bits per heavy atom. The molecule has 1 aromatic rings. The number of nitrogens with zero attached hydrogens (tertiary/aromatic N) is 2. The van der Waals surface area contributed by atoms with E-state index in [-0.39, 0.29) is 45.1 Å². The summed E-state index contributed by atoms with van der Waals surface area (Å²) in [5, 5.41) is 0.538. The van der Waals surface area contributed by atoms with Crippen molar-refractivity contribution in [3.8, 4) is 5.75 Å². The van der Waals surface area contributed by atoms with Gasteiger partial charge in [0.15, 0.2) is 6.61 Å². The predicted molar refractivity (Wildman–Crippen MR) is 80.8 cm³/mol. The van der Waals surface area contributed by atoms with Crippen LogP contribution in [-0.2, 0) is 9.59 Å². The minimum Gasteiger partial charge on any atom is -0.484 e. The zero-order valence-electron chi connectivity index (χ0n) is 12.7. The van der Waals surface area contributed by atoms with E-state index in [2.05, 4.69) is 0 Å². The summed E-state index contributed by atoms with van der Waals surface area (Å²) in [6.45, 7) is -0.0743. The van der Waals surface area contributed by atoms with Crippen LogP contribution in [0.3, 0.4) is 0 Å². The molecule has 1 saturated heterocycles. The van der Waals surface area contributed by atoms with Gasteiger partial charge in [-0.25, -0.2) is 0 Å². The van der Waals surface area contributed by atoms with E-state index in [0.717, 1.165) is 4.90 Å². The van der Waals surface area contributed by atoms with Crippen molar-refractivity contribution in [3.05, 3.63) is 29.3 Å². The molecular weight excluding hydrogens is 349 g/mol. The van der Waals surface area contributed by atoms with Crippen molar-refractivity contribution in [2.24, 2.45) is 0 Å². The van der Waals surface area contributed by atoms with Crippen LogP contribution >= 0.6 is 11.6 Å². The molecule has 2 rings (SSSR count). The Bertz CT molecular complexity index is 593. The van der Waals surface area contributed by atoms with Crippen molar-refractivity contribution in [1.82, 2.24) is 9.80 Å². The summed E-state index contributed by atoms with van der Waals surface area (Å²) in [4.78, 5) is 25.5. The minimum atomic E-state index is -4.89. The van der Waals surface area contributed by atoms with Crippen molar-refractivity contribution >= 4 is 23.4 Å². The number of carbonyl (C=O) groups is 2. The van der Waals surface area contributed by atoms with Crippen LogP contribution in [-0.4, -0.2) is 60.6 Å². The molecule has 24 heavy (non-hydrogen) atoms. The molecule has 0 N–H and O–H groups in total. The first kappa shape index (κ1) is 18.4. The van der Waals surface area contributed by atoms with Crippen molar-refractivity contribution in [2.45, 2.75) is 12.6 Å². The number of hydrogen-bond donors (Lipinski definition) is 0. The van der Waals surface area contributed by atoms with E-state index >= 15 is 0 Å². The second-order valence-electron chi connectivity index (χ2n) is 5.27. The average molecular weight is 365 g/mol. The van der Waals surface area contributed by atoms with Gasteiger partial charge in [0.2, 0.25) is 0 Å². The Kier molecular flexibility index (Phi) is 5.93. The molecule has 0 bridgehead atoms. The number of ether oxygens (including phenoxy) is 1. The van der Waals surface area contributed by atoms with Gasteiger partial charge in [0.05, 0.1) is 0 Å². The van der Waals surface area contributed by atoms with Crippen LogP contribution in [0.1, 0.15) is 6.42 Å². The lowest BCUT2D eigenvalue weighted by Gasteiger charge is -2.23. The molecule has 5 nitrogen and oxygen atoms in total. The number of halogens is 4.